The molecular formula is C47H30O2. The Bertz CT molecular complexity index is 2880. The lowest BCUT2D eigenvalue weighted by atomic mass is 9.80. The van der Waals surface area contributed by atoms with E-state index in [9.17, 15) is 0 Å². The SMILES string of the molecule is CC1(C)c2cc(-c3ccc4c(c3)-c3cccc5cccc(c35)O4)ccc2-c2cc3c(-c4ccc5oc6ccccc6c5c4)cccc3cc21. The van der Waals surface area contributed by atoms with Crippen LogP contribution in [0, 0.1) is 0 Å². The fraction of sp³-hybridized carbons (Fsp3) is 0.0638. The monoisotopic (exact) mass is 626 g/mol. The lowest BCUT2D eigenvalue weighted by Gasteiger charge is -2.23. The van der Waals surface area contributed by atoms with E-state index in [2.05, 4.69) is 147 Å². The van der Waals surface area contributed by atoms with E-state index >= 15 is 0 Å². The van der Waals surface area contributed by atoms with Crippen LogP contribution in [0.1, 0.15) is 25.0 Å². The molecule has 2 nitrogen and oxygen atoms in total. The van der Waals surface area contributed by atoms with Gasteiger partial charge in [0, 0.05) is 27.1 Å². The van der Waals surface area contributed by atoms with E-state index in [1.807, 2.05) is 12.1 Å². The number of ether oxygens (including phenoxy) is 1. The van der Waals surface area contributed by atoms with Gasteiger partial charge in [-0.1, -0.05) is 105 Å². The van der Waals surface area contributed by atoms with Crippen LogP contribution in [0.5, 0.6) is 11.5 Å². The Balaban J connectivity index is 1.04. The van der Waals surface area contributed by atoms with Crippen molar-refractivity contribution in [3.05, 3.63) is 157 Å². The van der Waals surface area contributed by atoms with Crippen LogP contribution in [0.2, 0.25) is 0 Å². The second-order valence-corrected chi connectivity index (χ2v) is 14.1. The predicted molar refractivity (Wildman–Crippen MR) is 203 cm³/mol. The summed E-state index contributed by atoms with van der Waals surface area (Å²) in [5.74, 6) is 1.84. The molecule has 0 unspecified atom stereocenters. The molecule has 0 bridgehead atoms. The molecule has 0 radical (unpaired) electrons. The topological polar surface area (TPSA) is 22.4 Å². The molecule has 0 saturated heterocycles. The first-order valence-electron chi connectivity index (χ1n) is 17.0. The van der Waals surface area contributed by atoms with Crippen LogP contribution in [0.15, 0.2) is 150 Å². The van der Waals surface area contributed by atoms with Gasteiger partial charge in [-0.15, -0.1) is 0 Å². The van der Waals surface area contributed by atoms with E-state index in [0.717, 1.165) is 39.0 Å². The highest BCUT2D eigenvalue weighted by Gasteiger charge is 2.36. The summed E-state index contributed by atoms with van der Waals surface area (Å²) >= 11 is 0. The average molecular weight is 627 g/mol. The van der Waals surface area contributed by atoms with Gasteiger partial charge >= 0.3 is 0 Å². The van der Waals surface area contributed by atoms with Crippen LogP contribution in [-0.2, 0) is 5.41 Å². The number of fused-ring (bicyclic) bond motifs is 9. The van der Waals surface area contributed by atoms with Crippen molar-refractivity contribution in [1.29, 1.82) is 0 Å². The van der Waals surface area contributed by atoms with Gasteiger partial charge in [0.15, 0.2) is 0 Å². The zero-order valence-electron chi connectivity index (χ0n) is 27.2. The molecule has 1 aliphatic heterocycles. The zero-order chi connectivity index (χ0) is 32.4. The van der Waals surface area contributed by atoms with Gasteiger partial charge in [0.2, 0.25) is 0 Å². The first-order valence-corrected chi connectivity index (χ1v) is 17.0. The largest absolute Gasteiger partial charge is 0.456 e. The molecular weight excluding hydrogens is 597 g/mol. The Hall–Kier alpha value is -6.12. The molecule has 0 amide bonds. The van der Waals surface area contributed by atoms with Crippen molar-refractivity contribution in [2.45, 2.75) is 19.3 Å². The summed E-state index contributed by atoms with van der Waals surface area (Å²) in [5, 5.41) is 7.22. The first kappa shape index (κ1) is 26.9. The lowest BCUT2D eigenvalue weighted by Crippen LogP contribution is -2.15. The van der Waals surface area contributed by atoms with Crippen LogP contribution in [-0.4, -0.2) is 0 Å². The second kappa shape index (κ2) is 9.49. The summed E-state index contributed by atoms with van der Waals surface area (Å²) in [6.45, 7) is 4.74. The van der Waals surface area contributed by atoms with Crippen molar-refractivity contribution in [2.75, 3.05) is 0 Å². The van der Waals surface area contributed by atoms with Crippen LogP contribution < -0.4 is 4.74 Å². The maximum atomic E-state index is 6.40. The van der Waals surface area contributed by atoms with Crippen LogP contribution >= 0.6 is 0 Å². The molecule has 8 aromatic carbocycles. The molecule has 9 aromatic rings. The van der Waals surface area contributed by atoms with E-state index in [4.69, 9.17) is 9.15 Å². The molecule has 1 aliphatic carbocycles. The molecule has 230 valence electrons. The smallest absolute Gasteiger partial charge is 0.135 e. The van der Waals surface area contributed by atoms with Crippen LogP contribution in [0.3, 0.4) is 0 Å². The minimum atomic E-state index is -0.138. The van der Waals surface area contributed by atoms with Gasteiger partial charge in [-0.05, 0) is 121 Å². The number of benzene rings is 8. The third-order valence-electron chi connectivity index (χ3n) is 11.1. The fourth-order valence-corrected chi connectivity index (χ4v) is 8.58. The first-order chi connectivity index (χ1) is 24.0. The highest BCUT2D eigenvalue weighted by molar-refractivity contribution is 6.09. The van der Waals surface area contributed by atoms with Gasteiger partial charge in [0.1, 0.15) is 22.7 Å². The summed E-state index contributed by atoms with van der Waals surface area (Å²) in [6, 6.07) is 52.9. The van der Waals surface area contributed by atoms with Crippen molar-refractivity contribution in [3.8, 4) is 56.0 Å². The maximum absolute atomic E-state index is 6.40. The van der Waals surface area contributed by atoms with Crippen molar-refractivity contribution in [3.63, 3.8) is 0 Å². The minimum Gasteiger partial charge on any atom is -0.456 e. The summed E-state index contributed by atoms with van der Waals surface area (Å²) in [4.78, 5) is 0. The number of hydrogen-bond donors (Lipinski definition) is 0. The molecule has 0 spiro atoms. The van der Waals surface area contributed by atoms with E-state index < -0.39 is 0 Å². The van der Waals surface area contributed by atoms with E-state index in [1.165, 1.54) is 71.6 Å². The number of hydrogen-bond acceptors (Lipinski definition) is 2. The Labute approximate surface area is 283 Å². The van der Waals surface area contributed by atoms with Gasteiger partial charge in [0.25, 0.3) is 0 Å². The third-order valence-corrected chi connectivity index (χ3v) is 11.1. The van der Waals surface area contributed by atoms with Crippen molar-refractivity contribution < 1.29 is 9.15 Å². The normalized spacial score (nSPS) is 13.8. The average Bonchev–Trinajstić information content (AvgIpc) is 3.61. The molecule has 0 saturated carbocycles. The Kier molecular flexibility index (Phi) is 5.21. The van der Waals surface area contributed by atoms with Gasteiger partial charge in [-0.3, -0.25) is 0 Å². The van der Waals surface area contributed by atoms with Gasteiger partial charge in [0.05, 0.1) is 0 Å². The van der Waals surface area contributed by atoms with E-state index in [-0.39, 0.29) is 5.41 Å². The van der Waals surface area contributed by atoms with Gasteiger partial charge < -0.3 is 9.15 Å². The summed E-state index contributed by atoms with van der Waals surface area (Å²) in [5.41, 5.74) is 14.3. The van der Waals surface area contributed by atoms with Crippen molar-refractivity contribution >= 4 is 43.5 Å². The van der Waals surface area contributed by atoms with E-state index in [0.29, 0.717) is 0 Å². The Morgan fingerprint density at radius 2 is 1.14 bits per heavy atom. The van der Waals surface area contributed by atoms with Crippen LogP contribution in [0.4, 0.5) is 0 Å². The molecule has 2 heteroatoms. The zero-order valence-corrected chi connectivity index (χ0v) is 27.2. The molecule has 11 rings (SSSR count). The molecule has 0 N–H and O–H groups in total. The van der Waals surface area contributed by atoms with Crippen molar-refractivity contribution in [2.24, 2.45) is 0 Å². The maximum Gasteiger partial charge on any atom is 0.135 e. The van der Waals surface area contributed by atoms with Gasteiger partial charge in [-0.25, -0.2) is 0 Å². The molecule has 1 aromatic heterocycles. The molecule has 2 aliphatic rings. The Morgan fingerprint density at radius 1 is 0.408 bits per heavy atom. The van der Waals surface area contributed by atoms with Crippen molar-refractivity contribution in [1.82, 2.24) is 0 Å². The highest BCUT2D eigenvalue weighted by atomic mass is 16.5. The molecule has 0 atom stereocenters. The fourth-order valence-electron chi connectivity index (χ4n) is 8.58. The minimum absolute atomic E-state index is 0.138. The standard InChI is InChI=1S/C47H30O2/c1-47(2)40-24-29(28-17-20-44-39(22-28)35-13-5-8-27-9-7-15-45(49-44)46(27)35)16-19-33(40)37-26-36-30(25-41(37)47)10-6-12-32(36)31-18-21-43-38(23-31)34-11-3-4-14-42(34)48-43/h3-26H,1-2H3. The summed E-state index contributed by atoms with van der Waals surface area (Å²) in [6.07, 6.45) is 0. The highest BCUT2D eigenvalue weighted by Crippen LogP contribution is 2.53. The van der Waals surface area contributed by atoms with Gasteiger partial charge in [-0.2, -0.15) is 0 Å². The van der Waals surface area contributed by atoms with E-state index in [1.54, 1.807) is 0 Å². The second-order valence-electron chi connectivity index (χ2n) is 14.1. The van der Waals surface area contributed by atoms with Crippen LogP contribution in [0.25, 0.3) is 88.0 Å². The predicted octanol–water partition coefficient (Wildman–Crippen LogP) is 13.3. The Morgan fingerprint density at radius 3 is 2.06 bits per heavy atom. The number of rotatable bonds is 2. The molecule has 0 fully saturated rings. The summed E-state index contributed by atoms with van der Waals surface area (Å²) < 4.78 is 12.5. The molecule has 49 heavy (non-hydrogen) atoms. The lowest BCUT2D eigenvalue weighted by molar-refractivity contribution is 0.487. The quantitative estimate of drug-likeness (QED) is 0.190. The number of furan rings is 1. The third kappa shape index (κ3) is 3.72. The summed E-state index contributed by atoms with van der Waals surface area (Å²) in [7, 11) is 0. The molecule has 2 heterocycles. The number of para-hydroxylation sites is 1.